The molecule has 7 nitrogen and oxygen atoms in total. The SMILES string of the molecule is CCCNC(=O)C(Cc1ccccc1)N(Cc1cccc(Cl)c1)C(=O)CN(c1cccc(Br)c1)S(C)(=O)=O. The summed E-state index contributed by atoms with van der Waals surface area (Å²) in [5, 5.41) is 3.41. The number of carbonyl (C=O) groups is 2. The molecule has 0 radical (unpaired) electrons. The number of hydrogen-bond donors (Lipinski definition) is 1. The fraction of sp³-hybridized carbons (Fsp3) is 0.286. The highest BCUT2D eigenvalue weighted by Crippen LogP contribution is 2.24. The average Bonchev–Trinajstić information content (AvgIpc) is 2.87. The molecule has 0 saturated carbocycles. The molecule has 0 bridgehead atoms. The summed E-state index contributed by atoms with van der Waals surface area (Å²) < 4.78 is 27.3. The first-order chi connectivity index (χ1) is 18.1. The van der Waals surface area contributed by atoms with E-state index < -0.39 is 28.5 Å². The largest absolute Gasteiger partial charge is 0.354 e. The lowest BCUT2D eigenvalue weighted by Gasteiger charge is -2.33. The van der Waals surface area contributed by atoms with E-state index in [1.165, 1.54) is 4.90 Å². The zero-order valence-electron chi connectivity index (χ0n) is 21.3. The van der Waals surface area contributed by atoms with Crippen molar-refractivity contribution in [2.24, 2.45) is 0 Å². The zero-order chi connectivity index (χ0) is 27.7. The van der Waals surface area contributed by atoms with Crippen LogP contribution >= 0.6 is 27.5 Å². The van der Waals surface area contributed by atoms with Crippen molar-refractivity contribution in [3.8, 4) is 0 Å². The first-order valence-corrected chi connectivity index (χ1v) is 15.2. The molecule has 1 atom stereocenters. The Bertz CT molecular complexity index is 1350. The molecule has 1 unspecified atom stereocenters. The highest BCUT2D eigenvalue weighted by Gasteiger charge is 2.33. The summed E-state index contributed by atoms with van der Waals surface area (Å²) in [6, 6.07) is 22.3. The molecule has 0 aliphatic heterocycles. The predicted octanol–water partition coefficient (Wildman–Crippen LogP) is 5.03. The molecule has 0 fully saturated rings. The molecular formula is C28H31BrClN3O4S. The number of hydrogen-bond acceptors (Lipinski definition) is 4. The van der Waals surface area contributed by atoms with Crippen molar-refractivity contribution in [1.82, 2.24) is 10.2 Å². The van der Waals surface area contributed by atoms with Gasteiger partial charge in [-0.1, -0.05) is 83.0 Å². The van der Waals surface area contributed by atoms with Gasteiger partial charge in [-0.3, -0.25) is 13.9 Å². The lowest BCUT2D eigenvalue weighted by Crippen LogP contribution is -2.53. The maximum atomic E-state index is 14.0. The highest BCUT2D eigenvalue weighted by atomic mass is 79.9. The molecule has 0 spiro atoms. The molecule has 202 valence electrons. The lowest BCUT2D eigenvalue weighted by atomic mass is 10.0. The third kappa shape index (κ3) is 8.58. The van der Waals surface area contributed by atoms with Crippen molar-refractivity contribution in [2.45, 2.75) is 32.4 Å². The van der Waals surface area contributed by atoms with Gasteiger partial charge < -0.3 is 10.2 Å². The number of nitrogens with zero attached hydrogens (tertiary/aromatic N) is 2. The van der Waals surface area contributed by atoms with Crippen molar-refractivity contribution in [2.75, 3.05) is 23.7 Å². The second-order valence-electron chi connectivity index (χ2n) is 8.90. The topological polar surface area (TPSA) is 86.8 Å². The molecule has 0 heterocycles. The van der Waals surface area contributed by atoms with Crippen LogP contribution in [0.5, 0.6) is 0 Å². The van der Waals surface area contributed by atoms with E-state index in [0.29, 0.717) is 21.7 Å². The van der Waals surface area contributed by atoms with Crippen molar-refractivity contribution in [3.05, 3.63) is 99.5 Å². The quantitative estimate of drug-likeness (QED) is 0.308. The number of amides is 2. The maximum Gasteiger partial charge on any atom is 0.244 e. The Balaban J connectivity index is 2.04. The Kier molecular flexibility index (Phi) is 10.8. The lowest BCUT2D eigenvalue weighted by molar-refractivity contribution is -0.140. The minimum absolute atomic E-state index is 0.0759. The molecule has 0 aliphatic rings. The van der Waals surface area contributed by atoms with E-state index in [1.54, 1.807) is 42.5 Å². The number of rotatable bonds is 12. The Hall–Kier alpha value is -2.88. The van der Waals surface area contributed by atoms with E-state index >= 15 is 0 Å². The number of carbonyl (C=O) groups excluding carboxylic acids is 2. The van der Waals surface area contributed by atoms with Crippen molar-refractivity contribution < 1.29 is 18.0 Å². The predicted molar refractivity (Wildman–Crippen MR) is 156 cm³/mol. The zero-order valence-corrected chi connectivity index (χ0v) is 24.5. The molecule has 3 aromatic rings. The van der Waals surface area contributed by atoms with E-state index in [0.717, 1.165) is 28.1 Å². The standard InChI is InChI=1S/C28H31BrClN3O4S/c1-3-15-31-28(35)26(17-21-9-5-4-6-10-21)32(19-22-11-7-13-24(30)16-22)27(34)20-33(38(2,36)37)25-14-8-12-23(29)18-25/h4-14,16,18,26H,3,15,17,19-20H2,1-2H3,(H,31,35). The van der Waals surface area contributed by atoms with Crippen molar-refractivity contribution in [3.63, 3.8) is 0 Å². The summed E-state index contributed by atoms with van der Waals surface area (Å²) in [5.41, 5.74) is 1.94. The van der Waals surface area contributed by atoms with E-state index in [4.69, 9.17) is 11.6 Å². The van der Waals surface area contributed by atoms with Crippen molar-refractivity contribution in [1.29, 1.82) is 0 Å². The van der Waals surface area contributed by atoms with Crippen LogP contribution in [0.3, 0.4) is 0 Å². The fourth-order valence-corrected chi connectivity index (χ4v) is 5.44. The summed E-state index contributed by atoms with van der Waals surface area (Å²) >= 11 is 9.58. The molecule has 0 saturated heterocycles. The minimum Gasteiger partial charge on any atom is -0.354 e. The van der Waals surface area contributed by atoms with Gasteiger partial charge in [0.1, 0.15) is 12.6 Å². The van der Waals surface area contributed by atoms with Gasteiger partial charge in [0.25, 0.3) is 0 Å². The molecule has 3 rings (SSSR count). The van der Waals surface area contributed by atoms with Crippen LogP contribution in [-0.4, -0.2) is 50.5 Å². The molecule has 0 aromatic heterocycles. The van der Waals surface area contributed by atoms with Gasteiger partial charge in [-0.15, -0.1) is 0 Å². The Labute approximate surface area is 238 Å². The second-order valence-corrected chi connectivity index (χ2v) is 12.2. The molecule has 38 heavy (non-hydrogen) atoms. The van der Waals surface area contributed by atoms with E-state index in [1.807, 2.05) is 43.3 Å². The van der Waals surface area contributed by atoms with Crippen LogP contribution in [0, 0.1) is 0 Å². The maximum absolute atomic E-state index is 14.0. The summed E-state index contributed by atoms with van der Waals surface area (Å²) in [5.74, 6) is -0.817. The van der Waals surface area contributed by atoms with Crippen molar-refractivity contribution >= 4 is 55.1 Å². The molecule has 1 N–H and O–H groups in total. The number of benzene rings is 3. The molecule has 10 heteroatoms. The summed E-state index contributed by atoms with van der Waals surface area (Å²) in [6.45, 7) is 2.01. The van der Waals surface area contributed by atoms with Gasteiger partial charge >= 0.3 is 0 Å². The fourth-order valence-electron chi connectivity index (χ4n) is 4.00. The van der Waals surface area contributed by atoms with Crippen LogP contribution in [0.1, 0.15) is 24.5 Å². The number of nitrogens with one attached hydrogen (secondary N) is 1. The van der Waals surface area contributed by atoms with Gasteiger partial charge in [0.15, 0.2) is 0 Å². The molecule has 0 aliphatic carbocycles. The summed E-state index contributed by atoms with van der Waals surface area (Å²) in [7, 11) is -3.82. The first-order valence-electron chi connectivity index (χ1n) is 12.2. The van der Waals surface area contributed by atoms with Gasteiger partial charge in [-0.25, -0.2) is 8.42 Å². The van der Waals surface area contributed by atoms with Crippen LogP contribution in [0.15, 0.2) is 83.3 Å². The molecular weight excluding hydrogens is 590 g/mol. The number of anilines is 1. The van der Waals surface area contributed by atoms with Crippen LogP contribution in [0.2, 0.25) is 5.02 Å². The van der Waals surface area contributed by atoms with Crippen LogP contribution in [-0.2, 0) is 32.6 Å². The summed E-state index contributed by atoms with van der Waals surface area (Å²) in [4.78, 5) is 28.8. The van der Waals surface area contributed by atoms with Gasteiger partial charge in [-0.05, 0) is 47.9 Å². The third-order valence-corrected chi connectivity index (χ3v) is 7.71. The molecule has 2 amide bonds. The van der Waals surface area contributed by atoms with E-state index in [9.17, 15) is 18.0 Å². The number of halogens is 2. The van der Waals surface area contributed by atoms with E-state index in [-0.39, 0.29) is 18.9 Å². The van der Waals surface area contributed by atoms with Gasteiger partial charge in [0, 0.05) is 29.0 Å². The highest BCUT2D eigenvalue weighted by molar-refractivity contribution is 9.10. The monoisotopic (exact) mass is 619 g/mol. The Morgan fingerprint density at radius 2 is 1.66 bits per heavy atom. The Morgan fingerprint density at radius 1 is 0.974 bits per heavy atom. The van der Waals surface area contributed by atoms with Crippen LogP contribution in [0.4, 0.5) is 5.69 Å². The smallest absolute Gasteiger partial charge is 0.244 e. The van der Waals surface area contributed by atoms with Crippen LogP contribution < -0.4 is 9.62 Å². The van der Waals surface area contributed by atoms with Crippen LogP contribution in [0.25, 0.3) is 0 Å². The second kappa shape index (κ2) is 13.8. The average molecular weight is 621 g/mol. The third-order valence-electron chi connectivity index (χ3n) is 5.84. The summed E-state index contributed by atoms with van der Waals surface area (Å²) in [6.07, 6.45) is 2.05. The molecule has 3 aromatic carbocycles. The first kappa shape index (κ1) is 29.7. The van der Waals surface area contributed by atoms with Gasteiger partial charge in [-0.2, -0.15) is 0 Å². The number of sulfonamides is 1. The Morgan fingerprint density at radius 3 is 2.29 bits per heavy atom. The van der Waals surface area contributed by atoms with Gasteiger partial charge in [0.2, 0.25) is 21.8 Å². The van der Waals surface area contributed by atoms with Gasteiger partial charge in [0.05, 0.1) is 11.9 Å². The normalized spacial score (nSPS) is 12.0. The minimum atomic E-state index is -3.82. The van der Waals surface area contributed by atoms with E-state index in [2.05, 4.69) is 21.2 Å².